The van der Waals surface area contributed by atoms with Crippen molar-refractivity contribution < 1.29 is 18.6 Å². The first-order chi connectivity index (χ1) is 18.3. The molecule has 39 heavy (non-hydrogen) atoms. The first kappa shape index (κ1) is 28.9. The summed E-state index contributed by atoms with van der Waals surface area (Å²) in [6.45, 7) is 19.2. The van der Waals surface area contributed by atoms with Crippen LogP contribution in [-0.2, 0) is 18.6 Å². The summed E-state index contributed by atoms with van der Waals surface area (Å²) < 4.78 is 25.7. The van der Waals surface area contributed by atoms with Crippen molar-refractivity contribution in [2.75, 3.05) is 0 Å². The zero-order chi connectivity index (χ0) is 28.2. The van der Waals surface area contributed by atoms with Crippen LogP contribution in [0.3, 0.4) is 0 Å². The Labute approximate surface area is 237 Å². The van der Waals surface area contributed by atoms with Crippen molar-refractivity contribution in [1.29, 1.82) is 0 Å². The molecule has 4 nitrogen and oxygen atoms in total. The van der Waals surface area contributed by atoms with Crippen molar-refractivity contribution in [2.24, 2.45) is 0 Å². The second-order valence-corrected chi connectivity index (χ2v) is 14.0. The van der Waals surface area contributed by atoms with Gasteiger partial charge in [-0.05, 0) is 95.0 Å². The molecular weight excluding hydrogens is 482 g/mol. The lowest BCUT2D eigenvalue weighted by Gasteiger charge is -2.32. The van der Waals surface area contributed by atoms with Crippen molar-refractivity contribution in [1.82, 2.24) is 0 Å². The lowest BCUT2D eigenvalue weighted by Crippen LogP contribution is -2.41. The molecule has 2 saturated heterocycles. The second kappa shape index (κ2) is 10.4. The maximum atomic E-state index is 6.43. The standard InChI is InChI=1S/C33H48B2O4/c1-10-11-12-13-14-15-16-25-28-21-23(34-36-30(2,3)31(4,5)37-34)17-19-26(28)27-20-18-24(22-29(25)27)35-38-32(6,7)33(8,9)39-35/h17-22,25H,10-16H2,1-9H3. The van der Waals surface area contributed by atoms with Crippen LogP contribution < -0.4 is 10.9 Å². The largest absolute Gasteiger partial charge is 0.494 e. The highest BCUT2D eigenvalue weighted by atomic mass is 16.7. The Bertz CT molecular complexity index is 1080. The van der Waals surface area contributed by atoms with Gasteiger partial charge in [0.15, 0.2) is 0 Å². The van der Waals surface area contributed by atoms with E-state index in [1.165, 1.54) is 60.8 Å². The molecule has 0 spiro atoms. The van der Waals surface area contributed by atoms with E-state index < -0.39 is 0 Å². The van der Waals surface area contributed by atoms with Gasteiger partial charge in [-0.2, -0.15) is 0 Å². The van der Waals surface area contributed by atoms with Gasteiger partial charge in [-0.25, -0.2) is 0 Å². The zero-order valence-corrected chi connectivity index (χ0v) is 25.8. The fourth-order valence-electron chi connectivity index (χ4n) is 6.09. The molecule has 0 atom stereocenters. The summed E-state index contributed by atoms with van der Waals surface area (Å²) in [5.41, 5.74) is 6.28. The first-order valence-electron chi connectivity index (χ1n) is 15.3. The molecule has 0 bridgehead atoms. The summed E-state index contributed by atoms with van der Waals surface area (Å²) in [6, 6.07) is 13.7. The van der Waals surface area contributed by atoms with Crippen LogP contribution in [0.15, 0.2) is 36.4 Å². The quantitative estimate of drug-likeness (QED) is 0.255. The molecule has 2 aliphatic heterocycles. The van der Waals surface area contributed by atoms with Gasteiger partial charge in [-0.3, -0.25) is 0 Å². The van der Waals surface area contributed by atoms with Crippen LogP contribution in [0, 0.1) is 0 Å². The molecule has 0 radical (unpaired) electrons. The first-order valence-corrected chi connectivity index (χ1v) is 15.3. The molecule has 0 amide bonds. The predicted octanol–water partition coefficient (Wildman–Crippen LogP) is 7.15. The molecule has 0 aromatic heterocycles. The number of hydrogen-bond acceptors (Lipinski definition) is 4. The van der Waals surface area contributed by atoms with Crippen molar-refractivity contribution in [2.45, 2.75) is 136 Å². The smallest absolute Gasteiger partial charge is 0.399 e. The summed E-state index contributed by atoms with van der Waals surface area (Å²) in [7, 11) is -0.696. The van der Waals surface area contributed by atoms with Crippen molar-refractivity contribution in [3.63, 3.8) is 0 Å². The predicted molar refractivity (Wildman–Crippen MR) is 163 cm³/mol. The summed E-state index contributed by atoms with van der Waals surface area (Å²) in [6.07, 6.45) is 8.95. The normalized spacial score (nSPS) is 22.4. The Morgan fingerprint density at radius 3 is 1.36 bits per heavy atom. The van der Waals surface area contributed by atoms with Crippen LogP contribution in [0.5, 0.6) is 0 Å². The van der Waals surface area contributed by atoms with E-state index in [2.05, 4.69) is 98.7 Å². The highest BCUT2D eigenvalue weighted by molar-refractivity contribution is 6.62. The molecule has 210 valence electrons. The molecule has 0 unspecified atom stereocenters. The van der Waals surface area contributed by atoms with E-state index in [0.717, 1.165) is 17.3 Å². The van der Waals surface area contributed by atoms with E-state index in [0.29, 0.717) is 5.92 Å². The van der Waals surface area contributed by atoms with Gasteiger partial charge in [0.2, 0.25) is 0 Å². The summed E-state index contributed by atoms with van der Waals surface area (Å²) in [5, 5.41) is 0. The maximum absolute atomic E-state index is 6.43. The molecule has 3 aliphatic rings. The highest BCUT2D eigenvalue weighted by Gasteiger charge is 2.53. The number of benzene rings is 2. The number of hydrogen-bond donors (Lipinski definition) is 0. The third-order valence-electron chi connectivity index (χ3n) is 10.1. The Hall–Kier alpha value is -1.59. The summed E-state index contributed by atoms with van der Waals surface area (Å²) in [4.78, 5) is 0. The van der Waals surface area contributed by atoms with Crippen LogP contribution in [0.25, 0.3) is 11.1 Å². The van der Waals surface area contributed by atoms with E-state index in [1.54, 1.807) is 0 Å². The molecule has 2 fully saturated rings. The van der Waals surface area contributed by atoms with Gasteiger partial charge in [0.05, 0.1) is 22.4 Å². The Balaban J connectivity index is 1.45. The average molecular weight is 530 g/mol. The fraction of sp³-hybridized carbons (Fsp3) is 0.636. The van der Waals surface area contributed by atoms with E-state index in [1.807, 2.05) is 0 Å². The molecule has 6 heteroatoms. The SMILES string of the molecule is CCCCCCCCC1c2cc(B3OC(C)(C)C(C)(C)O3)ccc2-c2ccc(B3OC(C)(C)C(C)(C)O3)cc21. The van der Waals surface area contributed by atoms with Crippen LogP contribution in [0.2, 0.25) is 0 Å². The van der Waals surface area contributed by atoms with Crippen molar-refractivity contribution in [3.05, 3.63) is 47.5 Å². The van der Waals surface area contributed by atoms with Gasteiger partial charge in [0.1, 0.15) is 0 Å². The van der Waals surface area contributed by atoms with Crippen LogP contribution in [0.4, 0.5) is 0 Å². The van der Waals surface area contributed by atoms with E-state index in [9.17, 15) is 0 Å². The van der Waals surface area contributed by atoms with E-state index in [4.69, 9.17) is 18.6 Å². The zero-order valence-electron chi connectivity index (χ0n) is 25.8. The second-order valence-electron chi connectivity index (χ2n) is 14.0. The van der Waals surface area contributed by atoms with Crippen LogP contribution in [-0.4, -0.2) is 36.6 Å². The third-order valence-corrected chi connectivity index (χ3v) is 10.1. The Morgan fingerprint density at radius 2 is 0.949 bits per heavy atom. The van der Waals surface area contributed by atoms with Gasteiger partial charge in [0, 0.05) is 5.92 Å². The molecule has 2 aromatic rings. The lowest BCUT2D eigenvalue weighted by molar-refractivity contribution is 0.00578. The maximum Gasteiger partial charge on any atom is 0.494 e. The molecule has 0 N–H and O–H groups in total. The Morgan fingerprint density at radius 1 is 0.564 bits per heavy atom. The van der Waals surface area contributed by atoms with Crippen LogP contribution >= 0.6 is 0 Å². The van der Waals surface area contributed by atoms with E-state index in [-0.39, 0.29) is 36.6 Å². The molecule has 1 aliphatic carbocycles. The van der Waals surface area contributed by atoms with Gasteiger partial charge < -0.3 is 18.6 Å². The topological polar surface area (TPSA) is 36.9 Å². The molecular formula is C33H48B2O4. The molecule has 5 rings (SSSR count). The Kier molecular flexibility index (Phi) is 7.68. The van der Waals surface area contributed by atoms with Gasteiger partial charge in [-0.1, -0.05) is 81.8 Å². The van der Waals surface area contributed by atoms with Crippen LogP contribution in [0.1, 0.15) is 124 Å². The highest BCUT2D eigenvalue weighted by Crippen LogP contribution is 2.47. The minimum atomic E-state index is -0.352. The fourth-order valence-corrected chi connectivity index (χ4v) is 6.09. The molecule has 0 saturated carbocycles. The molecule has 2 heterocycles. The minimum absolute atomic E-state index is 0.348. The molecule has 2 aromatic carbocycles. The minimum Gasteiger partial charge on any atom is -0.399 e. The number of rotatable bonds is 9. The average Bonchev–Trinajstić information content (AvgIpc) is 3.37. The van der Waals surface area contributed by atoms with Gasteiger partial charge >= 0.3 is 14.2 Å². The third kappa shape index (κ3) is 5.27. The van der Waals surface area contributed by atoms with Gasteiger partial charge in [-0.15, -0.1) is 0 Å². The van der Waals surface area contributed by atoms with Crippen molar-refractivity contribution in [3.8, 4) is 11.1 Å². The summed E-state index contributed by atoms with van der Waals surface area (Å²) >= 11 is 0. The van der Waals surface area contributed by atoms with Gasteiger partial charge in [0.25, 0.3) is 0 Å². The van der Waals surface area contributed by atoms with Crippen molar-refractivity contribution >= 4 is 25.2 Å². The lowest BCUT2D eigenvalue weighted by atomic mass is 9.76. The number of unbranched alkanes of at least 4 members (excludes halogenated alkanes) is 5. The monoisotopic (exact) mass is 530 g/mol. The van der Waals surface area contributed by atoms with E-state index >= 15 is 0 Å². The number of fused-ring (bicyclic) bond motifs is 3. The summed E-state index contributed by atoms with van der Waals surface area (Å²) in [5.74, 6) is 0.353.